The second-order valence-electron chi connectivity index (χ2n) is 3.17. The van der Waals surface area contributed by atoms with Gasteiger partial charge in [-0.25, -0.2) is 0 Å². The van der Waals surface area contributed by atoms with E-state index in [1.165, 1.54) is 4.88 Å². The van der Waals surface area contributed by atoms with Crippen molar-refractivity contribution in [2.75, 3.05) is 6.54 Å². The lowest BCUT2D eigenvalue weighted by molar-refractivity contribution is 0.628. The van der Waals surface area contributed by atoms with Crippen LogP contribution in [0.4, 0.5) is 0 Å². The average Bonchev–Trinajstić information content (AvgIpc) is 2.68. The van der Waals surface area contributed by atoms with E-state index in [1.54, 1.807) is 11.3 Å². The van der Waals surface area contributed by atoms with Crippen molar-refractivity contribution < 1.29 is 0 Å². The molecule has 0 aromatic carbocycles. The van der Waals surface area contributed by atoms with Crippen LogP contribution >= 0.6 is 11.3 Å². The lowest BCUT2D eigenvalue weighted by atomic mass is 10.2. The van der Waals surface area contributed by atoms with Crippen molar-refractivity contribution in [3.05, 3.63) is 21.9 Å². The highest BCUT2D eigenvalue weighted by Crippen LogP contribution is 2.23. The number of rotatable bonds is 5. The first-order valence-electron chi connectivity index (χ1n) is 5.03. The third kappa shape index (κ3) is 2.83. The Morgan fingerprint density at radius 2 is 2.29 bits per heavy atom. The Hall–Kier alpha value is -0.850. The van der Waals surface area contributed by atoms with Gasteiger partial charge in [-0.05, 0) is 31.5 Å². The van der Waals surface area contributed by atoms with Crippen LogP contribution in [0.5, 0.6) is 0 Å². The summed E-state index contributed by atoms with van der Waals surface area (Å²) >= 11 is 1.73. The van der Waals surface area contributed by atoms with Gasteiger partial charge in [-0.1, -0.05) is 13.8 Å². The van der Waals surface area contributed by atoms with Crippen molar-refractivity contribution >= 4 is 11.3 Å². The third-order valence-electron chi connectivity index (χ3n) is 2.04. The molecule has 0 aliphatic carbocycles. The van der Waals surface area contributed by atoms with E-state index in [9.17, 15) is 0 Å². The van der Waals surface area contributed by atoms with Gasteiger partial charge in [-0.15, -0.1) is 11.3 Å². The van der Waals surface area contributed by atoms with Gasteiger partial charge in [0.1, 0.15) is 6.04 Å². The van der Waals surface area contributed by atoms with Gasteiger partial charge in [0.2, 0.25) is 0 Å². The molecule has 0 spiro atoms. The fourth-order valence-corrected chi connectivity index (χ4v) is 2.21. The summed E-state index contributed by atoms with van der Waals surface area (Å²) in [4.78, 5) is 2.48. The Kier molecular flexibility index (Phi) is 4.64. The molecule has 76 valence electrons. The third-order valence-corrected chi connectivity index (χ3v) is 3.34. The van der Waals surface area contributed by atoms with E-state index in [2.05, 4.69) is 37.4 Å². The van der Waals surface area contributed by atoms with Crippen molar-refractivity contribution in [3.8, 4) is 6.07 Å². The van der Waals surface area contributed by atoms with E-state index in [1.807, 2.05) is 0 Å². The quantitative estimate of drug-likeness (QED) is 0.807. The smallest absolute Gasteiger partial charge is 0.130 e. The number of nitrogens with one attached hydrogen (secondary N) is 1. The summed E-state index contributed by atoms with van der Waals surface area (Å²) in [6.07, 6.45) is 2.11. The van der Waals surface area contributed by atoms with E-state index in [-0.39, 0.29) is 6.04 Å². The van der Waals surface area contributed by atoms with Crippen molar-refractivity contribution in [1.29, 1.82) is 5.26 Å². The zero-order chi connectivity index (χ0) is 10.4. The number of nitriles is 1. The van der Waals surface area contributed by atoms with Crippen LogP contribution < -0.4 is 5.32 Å². The van der Waals surface area contributed by atoms with Crippen LogP contribution in [0.15, 0.2) is 12.1 Å². The molecule has 0 fully saturated rings. The van der Waals surface area contributed by atoms with E-state index in [4.69, 9.17) is 5.26 Å². The highest BCUT2D eigenvalue weighted by Gasteiger charge is 2.10. The standard InChI is InChI=1S/C11H16N2S/c1-3-7-13-10(8-12)11-6-5-9(4-2)14-11/h5-6,10,13H,3-4,7H2,1-2H3. The van der Waals surface area contributed by atoms with Gasteiger partial charge in [0.05, 0.1) is 6.07 Å². The van der Waals surface area contributed by atoms with Crippen molar-refractivity contribution in [2.24, 2.45) is 0 Å². The topological polar surface area (TPSA) is 35.8 Å². The van der Waals surface area contributed by atoms with Crippen LogP contribution in [0.3, 0.4) is 0 Å². The largest absolute Gasteiger partial charge is 0.298 e. The summed E-state index contributed by atoms with van der Waals surface area (Å²) in [5.41, 5.74) is 0. The molecule has 14 heavy (non-hydrogen) atoms. The molecule has 1 atom stereocenters. The fraction of sp³-hybridized carbons (Fsp3) is 0.545. The molecule has 3 heteroatoms. The van der Waals surface area contributed by atoms with Gasteiger partial charge in [0, 0.05) is 9.75 Å². The maximum absolute atomic E-state index is 8.98. The van der Waals surface area contributed by atoms with Crippen LogP contribution in [0.1, 0.15) is 36.1 Å². The van der Waals surface area contributed by atoms with Gasteiger partial charge in [-0.2, -0.15) is 5.26 Å². The van der Waals surface area contributed by atoms with E-state index >= 15 is 0 Å². The van der Waals surface area contributed by atoms with Crippen molar-refractivity contribution in [3.63, 3.8) is 0 Å². The minimum Gasteiger partial charge on any atom is -0.298 e. The highest BCUT2D eigenvalue weighted by molar-refractivity contribution is 7.12. The van der Waals surface area contributed by atoms with Crippen LogP contribution in [0.2, 0.25) is 0 Å². The van der Waals surface area contributed by atoms with Crippen LogP contribution in [-0.2, 0) is 6.42 Å². The van der Waals surface area contributed by atoms with E-state index in [0.717, 1.165) is 24.3 Å². The molecule has 2 nitrogen and oxygen atoms in total. The predicted molar refractivity (Wildman–Crippen MR) is 60.3 cm³/mol. The Balaban J connectivity index is 2.65. The Morgan fingerprint density at radius 3 is 2.79 bits per heavy atom. The van der Waals surface area contributed by atoms with Crippen LogP contribution in [0, 0.1) is 11.3 Å². The van der Waals surface area contributed by atoms with Crippen molar-refractivity contribution in [2.45, 2.75) is 32.7 Å². The molecule has 1 rings (SSSR count). The van der Waals surface area contributed by atoms with Crippen LogP contribution in [-0.4, -0.2) is 6.54 Å². The molecule has 1 unspecified atom stereocenters. The van der Waals surface area contributed by atoms with Gasteiger partial charge in [0.25, 0.3) is 0 Å². The number of thiophene rings is 1. The van der Waals surface area contributed by atoms with Gasteiger partial charge < -0.3 is 0 Å². The number of nitrogens with zero attached hydrogens (tertiary/aromatic N) is 1. The zero-order valence-electron chi connectivity index (χ0n) is 8.71. The molecule has 0 radical (unpaired) electrons. The molecular weight excluding hydrogens is 192 g/mol. The Labute approximate surface area is 89.6 Å². The molecule has 0 bridgehead atoms. The normalized spacial score (nSPS) is 12.4. The number of hydrogen-bond donors (Lipinski definition) is 1. The average molecular weight is 208 g/mol. The van der Waals surface area contributed by atoms with Gasteiger partial charge >= 0.3 is 0 Å². The van der Waals surface area contributed by atoms with Gasteiger partial charge in [-0.3, -0.25) is 5.32 Å². The van der Waals surface area contributed by atoms with E-state index < -0.39 is 0 Å². The lowest BCUT2D eigenvalue weighted by Gasteiger charge is -2.07. The summed E-state index contributed by atoms with van der Waals surface area (Å²) in [5, 5.41) is 12.2. The molecule has 1 aromatic rings. The Bertz CT molecular complexity index is 311. The second kappa shape index (κ2) is 5.79. The summed E-state index contributed by atoms with van der Waals surface area (Å²) < 4.78 is 0. The van der Waals surface area contributed by atoms with Gasteiger partial charge in [0.15, 0.2) is 0 Å². The summed E-state index contributed by atoms with van der Waals surface area (Å²) in [5.74, 6) is 0. The first-order valence-corrected chi connectivity index (χ1v) is 5.85. The fourth-order valence-electron chi connectivity index (χ4n) is 1.24. The molecule has 0 amide bonds. The highest BCUT2D eigenvalue weighted by atomic mass is 32.1. The number of hydrogen-bond acceptors (Lipinski definition) is 3. The molecular formula is C11H16N2S. The summed E-state index contributed by atoms with van der Waals surface area (Å²) in [7, 11) is 0. The Morgan fingerprint density at radius 1 is 1.50 bits per heavy atom. The monoisotopic (exact) mass is 208 g/mol. The lowest BCUT2D eigenvalue weighted by Crippen LogP contribution is -2.19. The molecule has 1 heterocycles. The second-order valence-corrected chi connectivity index (χ2v) is 4.37. The molecule has 0 aliphatic rings. The summed E-state index contributed by atoms with van der Waals surface area (Å²) in [6.45, 7) is 5.14. The maximum Gasteiger partial charge on any atom is 0.130 e. The van der Waals surface area contributed by atoms with E-state index in [0.29, 0.717) is 0 Å². The molecule has 0 saturated heterocycles. The predicted octanol–water partition coefficient (Wildman–Crippen LogP) is 2.87. The zero-order valence-corrected chi connectivity index (χ0v) is 9.53. The number of aryl methyl sites for hydroxylation is 1. The molecule has 0 aliphatic heterocycles. The first-order chi connectivity index (χ1) is 6.81. The molecule has 1 N–H and O–H groups in total. The molecule has 0 saturated carbocycles. The van der Waals surface area contributed by atoms with Crippen LogP contribution in [0.25, 0.3) is 0 Å². The maximum atomic E-state index is 8.98. The van der Waals surface area contributed by atoms with Crippen molar-refractivity contribution in [1.82, 2.24) is 5.32 Å². The minimum atomic E-state index is -0.125. The SMILES string of the molecule is CCCNC(C#N)c1ccc(CC)s1. The summed E-state index contributed by atoms with van der Waals surface area (Å²) in [6, 6.07) is 6.33. The first kappa shape index (κ1) is 11.2. The minimum absolute atomic E-state index is 0.125. The molecule has 1 aromatic heterocycles.